The number of carbonyl (C=O) groups excluding carboxylic acids is 1. The highest BCUT2D eigenvalue weighted by atomic mass is 16.5. The summed E-state index contributed by atoms with van der Waals surface area (Å²) in [5, 5.41) is 3.33. The third-order valence-electron chi connectivity index (χ3n) is 3.38. The molecule has 1 heterocycles. The molecule has 1 unspecified atom stereocenters. The number of methoxy groups -OCH3 is 1. The zero-order valence-corrected chi connectivity index (χ0v) is 10.9. The lowest BCUT2D eigenvalue weighted by molar-refractivity contribution is -0.136. The Morgan fingerprint density at radius 2 is 2.25 bits per heavy atom. The minimum Gasteiger partial charge on any atom is -0.383 e. The van der Waals surface area contributed by atoms with E-state index in [0.717, 1.165) is 19.4 Å². The summed E-state index contributed by atoms with van der Waals surface area (Å²) >= 11 is 0. The molecule has 0 radical (unpaired) electrons. The van der Waals surface area contributed by atoms with Crippen LogP contribution >= 0.6 is 0 Å². The van der Waals surface area contributed by atoms with Gasteiger partial charge in [0.05, 0.1) is 12.6 Å². The van der Waals surface area contributed by atoms with Crippen molar-refractivity contribution in [1.29, 1.82) is 0 Å². The summed E-state index contributed by atoms with van der Waals surface area (Å²) < 4.78 is 4.99. The quantitative estimate of drug-likeness (QED) is 0.776. The predicted molar refractivity (Wildman–Crippen MR) is 64.3 cm³/mol. The SMILES string of the molecule is COCCN(C)C(=O)C1NCCCC1(C)C. The Hall–Kier alpha value is -0.610. The molecule has 1 N–H and O–H groups in total. The van der Waals surface area contributed by atoms with Gasteiger partial charge in [-0.05, 0) is 24.8 Å². The molecular weight excluding hydrogens is 204 g/mol. The molecule has 0 aromatic rings. The fourth-order valence-corrected chi connectivity index (χ4v) is 2.19. The largest absolute Gasteiger partial charge is 0.383 e. The van der Waals surface area contributed by atoms with Crippen molar-refractivity contribution in [3.8, 4) is 0 Å². The Morgan fingerprint density at radius 1 is 1.56 bits per heavy atom. The van der Waals surface area contributed by atoms with Gasteiger partial charge in [0.25, 0.3) is 0 Å². The standard InChI is InChI=1S/C12H24N2O2/c1-12(2)6-5-7-13-10(12)11(15)14(3)8-9-16-4/h10,13H,5-9H2,1-4H3. The van der Waals surface area contributed by atoms with Gasteiger partial charge in [0, 0.05) is 20.7 Å². The second kappa shape index (κ2) is 5.64. The molecule has 0 aromatic carbocycles. The van der Waals surface area contributed by atoms with Crippen molar-refractivity contribution in [3.05, 3.63) is 0 Å². The van der Waals surface area contributed by atoms with Crippen LogP contribution in [0.1, 0.15) is 26.7 Å². The van der Waals surface area contributed by atoms with Gasteiger partial charge >= 0.3 is 0 Å². The Balaban J connectivity index is 2.57. The monoisotopic (exact) mass is 228 g/mol. The van der Waals surface area contributed by atoms with Crippen molar-refractivity contribution in [2.45, 2.75) is 32.7 Å². The Bertz CT molecular complexity index is 241. The van der Waals surface area contributed by atoms with Gasteiger partial charge in [-0.25, -0.2) is 0 Å². The minimum absolute atomic E-state index is 0.0522. The lowest BCUT2D eigenvalue weighted by atomic mass is 9.77. The maximum absolute atomic E-state index is 12.2. The maximum Gasteiger partial charge on any atom is 0.240 e. The number of hydrogen-bond acceptors (Lipinski definition) is 3. The molecular formula is C12H24N2O2. The fraction of sp³-hybridized carbons (Fsp3) is 0.917. The Morgan fingerprint density at radius 3 is 2.81 bits per heavy atom. The van der Waals surface area contributed by atoms with Crippen molar-refractivity contribution in [1.82, 2.24) is 10.2 Å². The number of hydrogen-bond donors (Lipinski definition) is 1. The van der Waals surface area contributed by atoms with Crippen LogP contribution in [0.4, 0.5) is 0 Å². The van der Waals surface area contributed by atoms with Crippen LogP contribution in [-0.2, 0) is 9.53 Å². The normalized spacial score (nSPS) is 24.1. The second-order valence-corrected chi connectivity index (χ2v) is 5.23. The van der Waals surface area contributed by atoms with E-state index in [2.05, 4.69) is 19.2 Å². The summed E-state index contributed by atoms with van der Waals surface area (Å²) in [6, 6.07) is -0.0527. The first kappa shape index (κ1) is 13.5. The van der Waals surface area contributed by atoms with Crippen LogP contribution in [-0.4, -0.2) is 50.7 Å². The van der Waals surface area contributed by atoms with Gasteiger partial charge in [0.15, 0.2) is 0 Å². The van der Waals surface area contributed by atoms with E-state index in [0.29, 0.717) is 13.2 Å². The molecule has 94 valence electrons. The van der Waals surface area contributed by atoms with E-state index in [4.69, 9.17) is 4.74 Å². The van der Waals surface area contributed by atoms with Crippen molar-refractivity contribution in [2.24, 2.45) is 5.41 Å². The summed E-state index contributed by atoms with van der Waals surface area (Å²) in [4.78, 5) is 14.0. The van der Waals surface area contributed by atoms with Gasteiger partial charge in [-0.15, -0.1) is 0 Å². The van der Waals surface area contributed by atoms with Crippen molar-refractivity contribution in [2.75, 3.05) is 33.9 Å². The molecule has 1 rings (SSSR count). The van der Waals surface area contributed by atoms with E-state index >= 15 is 0 Å². The lowest BCUT2D eigenvalue weighted by Crippen LogP contribution is -2.56. The van der Waals surface area contributed by atoms with Gasteiger partial charge in [0.1, 0.15) is 0 Å². The molecule has 1 atom stereocenters. The summed E-state index contributed by atoms with van der Waals surface area (Å²) in [6.07, 6.45) is 2.26. The first-order chi connectivity index (χ1) is 7.49. The third-order valence-corrected chi connectivity index (χ3v) is 3.38. The molecule has 1 aliphatic rings. The highest BCUT2D eigenvalue weighted by Crippen LogP contribution is 2.30. The topological polar surface area (TPSA) is 41.6 Å². The van der Waals surface area contributed by atoms with E-state index in [-0.39, 0.29) is 17.4 Å². The number of nitrogens with zero attached hydrogens (tertiary/aromatic N) is 1. The van der Waals surface area contributed by atoms with E-state index in [1.165, 1.54) is 0 Å². The summed E-state index contributed by atoms with van der Waals surface area (Å²) in [6.45, 7) is 6.51. The van der Waals surface area contributed by atoms with Crippen molar-refractivity contribution in [3.63, 3.8) is 0 Å². The summed E-state index contributed by atoms with van der Waals surface area (Å²) in [5.41, 5.74) is 0.0522. The molecule has 1 amide bonds. The first-order valence-corrected chi connectivity index (χ1v) is 5.96. The lowest BCUT2D eigenvalue weighted by Gasteiger charge is -2.40. The van der Waals surface area contributed by atoms with Gasteiger partial charge in [-0.3, -0.25) is 4.79 Å². The number of carbonyl (C=O) groups is 1. The molecule has 0 aliphatic carbocycles. The Labute approximate surface area is 98.3 Å². The third kappa shape index (κ3) is 3.19. The van der Waals surface area contributed by atoms with E-state index in [1.807, 2.05) is 7.05 Å². The zero-order valence-electron chi connectivity index (χ0n) is 10.9. The summed E-state index contributed by atoms with van der Waals surface area (Å²) in [5.74, 6) is 0.182. The van der Waals surface area contributed by atoms with Gasteiger partial charge < -0.3 is 15.0 Å². The van der Waals surface area contributed by atoms with Crippen LogP contribution in [0.15, 0.2) is 0 Å². The number of rotatable bonds is 4. The van der Waals surface area contributed by atoms with Crippen LogP contribution < -0.4 is 5.32 Å². The average molecular weight is 228 g/mol. The highest BCUT2D eigenvalue weighted by Gasteiger charge is 2.38. The van der Waals surface area contributed by atoms with Gasteiger partial charge in [-0.2, -0.15) is 0 Å². The molecule has 16 heavy (non-hydrogen) atoms. The molecule has 0 aromatic heterocycles. The van der Waals surface area contributed by atoms with Gasteiger partial charge in [-0.1, -0.05) is 13.8 Å². The van der Waals surface area contributed by atoms with E-state index in [9.17, 15) is 4.79 Å². The van der Waals surface area contributed by atoms with E-state index < -0.39 is 0 Å². The minimum atomic E-state index is -0.0527. The number of amides is 1. The van der Waals surface area contributed by atoms with Crippen molar-refractivity contribution >= 4 is 5.91 Å². The molecule has 0 bridgehead atoms. The van der Waals surface area contributed by atoms with E-state index in [1.54, 1.807) is 12.0 Å². The maximum atomic E-state index is 12.2. The molecule has 0 spiro atoms. The smallest absolute Gasteiger partial charge is 0.240 e. The number of likely N-dealkylation sites (N-methyl/N-ethyl adjacent to an activating group) is 1. The number of nitrogens with one attached hydrogen (secondary N) is 1. The number of piperidine rings is 1. The Kier molecular flexibility index (Phi) is 4.74. The fourth-order valence-electron chi connectivity index (χ4n) is 2.19. The van der Waals surface area contributed by atoms with Crippen LogP contribution in [0, 0.1) is 5.41 Å². The van der Waals surface area contributed by atoms with Crippen LogP contribution in [0.25, 0.3) is 0 Å². The predicted octanol–water partition coefficient (Wildman–Crippen LogP) is 0.869. The summed E-state index contributed by atoms with van der Waals surface area (Å²) in [7, 11) is 3.49. The van der Waals surface area contributed by atoms with Crippen LogP contribution in [0.5, 0.6) is 0 Å². The molecule has 4 nitrogen and oxygen atoms in total. The molecule has 0 saturated carbocycles. The average Bonchev–Trinajstić information content (AvgIpc) is 2.24. The zero-order chi connectivity index (χ0) is 12.2. The second-order valence-electron chi connectivity index (χ2n) is 5.23. The molecule has 4 heteroatoms. The van der Waals surface area contributed by atoms with Crippen LogP contribution in [0.2, 0.25) is 0 Å². The van der Waals surface area contributed by atoms with Gasteiger partial charge in [0.2, 0.25) is 5.91 Å². The molecule has 1 saturated heterocycles. The van der Waals surface area contributed by atoms with Crippen molar-refractivity contribution < 1.29 is 9.53 Å². The number of ether oxygens (including phenoxy) is 1. The first-order valence-electron chi connectivity index (χ1n) is 5.96. The molecule has 1 aliphatic heterocycles. The van der Waals surface area contributed by atoms with Crippen LogP contribution in [0.3, 0.4) is 0 Å². The highest BCUT2D eigenvalue weighted by molar-refractivity contribution is 5.82. The molecule has 1 fully saturated rings.